The number of nitrogens with one attached hydrogen (secondary N) is 1. The molecule has 3 rings (SSSR count). The van der Waals surface area contributed by atoms with Gasteiger partial charge in [0.1, 0.15) is 0 Å². The zero-order valence-corrected chi connectivity index (χ0v) is 12.4. The van der Waals surface area contributed by atoms with Crippen LogP contribution in [0.25, 0.3) is 10.2 Å². The number of rotatable bonds is 5. The number of hydrogen-bond acceptors (Lipinski definition) is 4. The summed E-state index contributed by atoms with van der Waals surface area (Å²) in [6, 6.07) is 6.89. The second-order valence-corrected chi connectivity index (χ2v) is 6.25. The molecule has 1 atom stereocenters. The van der Waals surface area contributed by atoms with Crippen molar-refractivity contribution in [2.45, 2.75) is 19.4 Å². The minimum Gasteiger partial charge on any atom is -0.310 e. The predicted molar refractivity (Wildman–Crippen MR) is 84.1 cm³/mol. The van der Waals surface area contributed by atoms with E-state index in [9.17, 15) is 0 Å². The minimum absolute atomic E-state index is 0.346. The molecule has 0 aliphatic carbocycles. The molecule has 3 heterocycles. The van der Waals surface area contributed by atoms with Gasteiger partial charge < -0.3 is 5.32 Å². The maximum absolute atomic E-state index is 4.55. The summed E-state index contributed by atoms with van der Waals surface area (Å²) < 4.78 is 1.27. The third-order valence-corrected chi connectivity index (χ3v) is 4.78. The van der Waals surface area contributed by atoms with Crippen LogP contribution in [0.1, 0.15) is 24.1 Å². The number of hydrogen-bond donors (Lipinski definition) is 1. The highest BCUT2D eigenvalue weighted by Gasteiger charge is 2.13. The highest BCUT2D eigenvalue weighted by atomic mass is 32.1. The largest absolute Gasteiger partial charge is 0.310 e. The molecule has 0 fully saturated rings. The van der Waals surface area contributed by atoms with Crippen molar-refractivity contribution in [2.24, 2.45) is 0 Å². The van der Waals surface area contributed by atoms with Crippen molar-refractivity contribution in [2.75, 3.05) is 6.54 Å². The molecular weight excluding hydrogens is 272 g/mol. The van der Waals surface area contributed by atoms with Crippen LogP contribution in [0.15, 0.2) is 40.5 Å². The molecule has 0 amide bonds. The molecule has 98 valence electrons. The first kappa shape index (κ1) is 12.8. The van der Waals surface area contributed by atoms with Crippen molar-refractivity contribution in [3.8, 4) is 0 Å². The number of pyridine rings is 1. The maximum atomic E-state index is 4.55. The van der Waals surface area contributed by atoms with Gasteiger partial charge in [-0.3, -0.25) is 4.98 Å². The molecule has 0 aliphatic heterocycles. The molecule has 0 aromatic carbocycles. The average molecular weight is 288 g/mol. The van der Waals surface area contributed by atoms with E-state index in [1.807, 2.05) is 6.20 Å². The van der Waals surface area contributed by atoms with Crippen molar-refractivity contribution < 1.29 is 0 Å². The van der Waals surface area contributed by atoms with Crippen LogP contribution >= 0.6 is 22.7 Å². The first-order valence-electron chi connectivity index (χ1n) is 6.44. The lowest BCUT2D eigenvalue weighted by atomic mass is 10.0. The van der Waals surface area contributed by atoms with Crippen LogP contribution in [-0.4, -0.2) is 11.5 Å². The van der Waals surface area contributed by atoms with Gasteiger partial charge in [0.2, 0.25) is 0 Å². The number of likely N-dealkylation sites (N-methyl/N-ethyl adjacent to an activating group) is 1. The topological polar surface area (TPSA) is 24.9 Å². The molecule has 3 aromatic rings. The minimum atomic E-state index is 0.346. The van der Waals surface area contributed by atoms with Gasteiger partial charge in [0.05, 0.1) is 10.2 Å². The van der Waals surface area contributed by atoms with Crippen molar-refractivity contribution in [3.05, 3.63) is 51.7 Å². The Bertz CT molecular complexity index is 643. The second kappa shape index (κ2) is 5.82. The van der Waals surface area contributed by atoms with Crippen LogP contribution in [0.2, 0.25) is 0 Å². The van der Waals surface area contributed by atoms with Gasteiger partial charge >= 0.3 is 0 Å². The molecule has 1 unspecified atom stereocenters. The Morgan fingerprint density at radius 1 is 1.32 bits per heavy atom. The van der Waals surface area contributed by atoms with Crippen LogP contribution in [0.3, 0.4) is 0 Å². The zero-order valence-electron chi connectivity index (χ0n) is 10.8. The van der Waals surface area contributed by atoms with E-state index in [1.165, 1.54) is 15.8 Å². The highest BCUT2D eigenvalue weighted by Crippen LogP contribution is 2.25. The van der Waals surface area contributed by atoms with E-state index in [2.05, 4.69) is 51.6 Å². The summed E-state index contributed by atoms with van der Waals surface area (Å²) in [5.74, 6) is 0. The maximum Gasteiger partial charge on any atom is 0.0809 e. The summed E-state index contributed by atoms with van der Waals surface area (Å²) in [5.41, 5.74) is 3.77. The fourth-order valence-electron chi connectivity index (χ4n) is 2.25. The molecule has 4 heteroatoms. The van der Waals surface area contributed by atoms with E-state index in [4.69, 9.17) is 0 Å². The Balaban J connectivity index is 1.89. The molecular formula is C15H16N2S2. The van der Waals surface area contributed by atoms with Gasteiger partial charge in [-0.2, -0.15) is 11.3 Å². The summed E-state index contributed by atoms with van der Waals surface area (Å²) in [6.45, 7) is 3.12. The third-order valence-electron chi connectivity index (χ3n) is 3.20. The fraction of sp³-hybridized carbons (Fsp3) is 0.267. The quantitative estimate of drug-likeness (QED) is 0.759. The Morgan fingerprint density at radius 3 is 3.05 bits per heavy atom. The standard InChI is InChI=1S/C15H16N2S2/c1-2-16-14(7-11-3-5-18-10-11)12-8-15-13(17-9-12)4-6-19-15/h3-6,8-10,14,16H,2,7H2,1H3. The fourth-order valence-corrected chi connectivity index (χ4v) is 3.72. The van der Waals surface area contributed by atoms with Crippen molar-refractivity contribution >= 4 is 32.9 Å². The summed E-state index contributed by atoms with van der Waals surface area (Å²) >= 11 is 3.51. The van der Waals surface area contributed by atoms with E-state index in [1.54, 1.807) is 22.7 Å². The van der Waals surface area contributed by atoms with Crippen LogP contribution in [0, 0.1) is 0 Å². The van der Waals surface area contributed by atoms with Crippen molar-refractivity contribution in [1.29, 1.82) is 0 Å². The summed E-state index contributed by atoms with van der Waals surface area (Å²) in [4.78, 5) is 4.55. The predicted octanol–water partition coefficient (Wildman–Crippen LogP) is 4.25. The van der Waals surface area contributed by atoms with Crippen LogP contribution in [0.5, 0.6) is 0 Å². The molecule has 0 saturated carbocycles. The van der Waals surface area contributed by atoms with Crippen molar-refractivity contribution in [3.63, 3.8) is 0 Å². The van der Waals surface area contributed by atoms with Gasteiger partial charge in [-0.25, -0.2) is 0 Å². The summed E-state index contributed by atoms with van der Waals surface area (Å²) in [5, 5.41) is 10.0. The van der Waals surface area contributed by atoms with Crippen LogP contribution in [-0.2, 0) is 6.42 Å². The second-order valence-electron chi connectivity index (χ2n) is 4.52. The zero-order chi connectivity index (χ0) is 13.1. The lowest BCUT2D eigenvalue weighted by molar-refractivity contribution is 0.549. The van der Waals surface area contributed by atoms with Crippen LogP contribution < -0.4 is 5.32 Å². The summed E-state index contributed by atoms with van der Waals surface area (Å²) in [7, 11) is 0. The molecule has 0 radical (unpaired) electrons. The monoisotopic (exact) mass is 288 g/mol. The molecule has 0 aliphatic rings. The van der Waals surface area contributed by atoms with E-state index < -0.39 is 0 Å². The molecule has 1 N–H and O–H groups in total. The number of thiophene rings is 2. The van der Waals surface area contributed by atoms with Gasteiger partial charge in [-0.15, -0.1) is 11.3 Å². The Kier molecular flexibility index (Phi) is 3.92. The molecule has 3 aromatic heterocycles. The van der Waals surface area contributed by atoms with E-state index in [0.717, 1.165) is 18.5 Å². The Hall–Kier alpha value is -1.23. The van der Waals surface area contributed by atoms with Gasteiger partial charge in [0.25, 0.3) is 0 Å². The number of fused-ring (bicyclic) bond motifs is 1. The normalized spacial score (nSPS) is 12.9. The molecule has 0 saturated heterocycles. The van der Waals surface area contributed by atoms with Gasteiger partial charge in [0.15, 0.2) is 0 Å². The summed E-state index contributed by atoms with van der Waals surface area (Å²) in [6.07, 6.45) is 3.03. The van der Waals surface area contributed by atoms with E-state index in [0.29, 0.717) is 6.04 Å². The molecule has 19 heavy (non-hydrogen) atoms. The SMILES string of the molecule is CCNC(Cc1ccsc1)c1cnc2ccsc2c1. The first-order chi connectivity index (χ1) is 9.36. The van der Waals surface area contributed by atoms with Crippen LogP contribution in [0.4, 0.5) is 0 Å². The van der Waals surface area contributed by atoms with Gasteiger partial charge in [-0.1, -0.05) is 6.92 Å². The van der Waals surface area contributed by atoms with E-state index in [-0.39, 0.29) is 0 Å². The molecule has 0 bridgehead atoms. The lowest BCUT2D eigenvalue weighted by Crippen LogP contribution is -2.22. The Labute approximate surface area is 121 Å². The highest BCUT2D eigenvalue weighted by molar-refractivity contribution is 7.17. The third kappa shape index (κ3) is 2.86. The molecule has 0 spiro atoms. The number of aromatic nitrogens is 1. The van der Waals surface area contributed by atoms with Gasteiger partial charge in [-0.05, 0) is 58.4 Å². The first-order valence-corrected chi connectivity index (χ1v) is 8.26. The number of nitrogens with zero attached hydrogens (tertiary/aromatic N) is 1. The average Bonchev–Trinajstić information content (AvgIpc) is 3.08. The van der Waals surface area contributed by atoms with E-state index >= 15 is 0 Å². The van der Waals surface area contributed by atoms with Crippen molar-refractivity contribution in [1.82, 2.24) is 10.3 Å². The van der Waals surface area contributed by atoms with Gasteiger partial charge in [0, 0.05) is 12.2 Å². The lowest BCUT2D eigenvalue weighted by Gasteiger charge is -2.17. The molecule has 2 nitrogen and oxygen atoms in total. The Morgan fingerprint density at radius 2 is 2.26 bits per heavy atom. The smallest absolute Gasteiger partial charge is 0.0809 e.